The fourth-order valence-electron chi connectivity index (χ4n) is 0.217. The lowest BCUT2D eigenvalue weighted by Gasteiger charge is -1.90. The van der Waals surface area contributed by atoms with Crippen LogP contribution in [-0.4, -0.2) is 16.0 Å². The Morgan fingerprint density at radius 3 is 1.70 bits per heavy atom. The van der Waals surface area contributed by atoms with Gasteiger partial charge in [-0.1, -0.05) is 0 Å². The van der Waals surface area contributed by atoms with Gasteiger partial charge in [-0.25, -0.2) is 0 Å². The highest BCUT2D eigenvalue weighted by molar-refractivity contribution is 6.45. The van der Waals surface area contributed by atoms with E-state index in [1.807, 2.05) is 0 Å². The van der Waals surface area contributed by atoms with Crippen molar-refractivity contribution in [3.63, 3.8) is 0 Å². The molecule has 10 heavy (non-hydrogen) atoms. The molecule has 5 heteroatoms. The Hall–Kier alpha value is 0.830. The molecule has 0 aliphatic carbocycles. The highest BCUT2D eigenvalue weighted by atomic mass is 35.5. The van der Waals surface area contributed by atoms with Gasteiger partial charge in [-0.05, 0) is 6.92 Å². The minimum absolute atomic E-state index is 0.0231. The number of halogens is 4. The molecule has 0 radical (unpaired) electrons. The minimum Gasteiger partial charge on any atom is -0.300 e. The topological polar surface area (TPSA) is 17.1 Å². The Kier molecular flexibility index (Phi) is 13.2. The van der Waals surface area contributed by atoms with Crippen molar-refractivity contribution in [1.29, 1.82) is 0 Å². The molecule has 0 aromatic rings. The minimum atomic E-state index is -0.530. The zero-order valence-electron chi connectivity index (χ0n) is 5.41. The molecular formula is C5H8Cl4O. The first-order valence-corrected chi connectivity index (χ1v) is 4.38. The van der Waals surface area contributed by atoms with E-state index in [9.17, 15) is 4.79 Å². The van der Waals surface area contributed by atoms with Crippen LogP contribution in [0.5, 0.6) is 0 Å². The maximum absolute atomic E-state index is 10.1. The lowest BCUT2D eigenvalue weighted by Crippen LogP contribution is -1.95. The Morgan fingerprint density at radius 1 is 1.40 bits per heavy atom. The van der Waals surface area contributed by atoms with Crippen molar-refractivity contribution in [3.05, 3.63) is 0 Å². The summed E-state index contributed by atoms with van der Waals surface area (Å²) >= 11 is 20.0. The van der Waals surface area contributed by atoms with E-state index in [1.54, 1.807) is 0 Å². The normalized spacial score (nSPS) is 8.60. The summed E-state index contributed by atoms with van der Waals surface area (Å²) in [6.45, 7) is 1.46. The van der Waals surface area contributed by atoms with Gasteiger partial charge < -0.3 is 0 Å². The number of carbonyl (C=O) groups is 1. The van der Waals surface area contributed by atoms with Crippen LogP contribution in [0.15, 0.2) is 0 Å². The zero-order chi connectivity index (χ0) is 8.57. The van der Waals surface area contributed by atoms with E-state index in [-0.39, 0.29) is 17.5 Å². The third kappa shape index (κ3) is 23.2. The maximum Gasteiger partial charge on any atom is 0.132 e. The monoisotopic (exact) mass is 224 g/mol. The maximum atomic E-state index is 10.1. The van der Waals surface area contributed by atoms with E-state index >= 15 is 0 Å². The van der Waals surface area contributed by atoms with Crippen molar-refractivity contribution in [3.8, 4) is 0 Å². The van der Waals surface area contributed by atoms with Gasteiger partial charge in [0.15, 0.2) is 0 Å². The lowest BCUT2D eigenvalue weighted by atomic mass is 10.4. The van der Waals surface area contributed by atoms with Crippen LogP contribution >= 0.6 is 46.4 Å². The van der Waals surface area contributed by atoms with Crippen molar-refractivity contribution in [2.45, 2.75) is 18.2 Å². The van der Waals surface area contributed by atoms with Gasteiger partial charge in [0.05, 0.1) is 5.34 Å². The number of hydrogen-bond donors (Lipinski definition) is 0. The largest absolute Gasteiger partial charge is 0.300 e. The summed E-state index contributed by atoms with van der Waals surface area (Å²) in [4.78, 5) is 9.56. The average Bonchev–Trinajstić information content (AvgIpc) is 1.62. The Balaban J connectivity index is 0. The summed E-state index contributed by atoms with van der Waals surface area (Å²) in [6, 6.07) is 0. The quantitative estimate of drug-likeness (QED) is 0.660. The van der Waals surface area contributed by atoms with Gasteiger partial charge in [0, 0.05) is 6.42 Å². The predicted octanol–water partition coefficient (Wildman–Crippen LogP) is 3.19. The van der Waals surface area contributed by atoms with Crippen molar-refractivity contribution in [1.82, 2.24) is 0 Å². The summed E-state index contributed by atoms with van der Waals surface area (Å²) in [5, 5.41) is 0.194. The number of hydrogen-bond acceptors (Lipinski definition) is 1. The summed E-state index contributed by atoms with van der Waals surface area (Å²) in [5.74, 6) is 0.0231. The lowest BCUT2D eigenvalue weighted by molar-refractivity contribution is -0.116. The third-order valence-electron chi connectivity index (χ3n) is 0.442. The summed E-state index contributed by atoms with van der Waals surface area (Å²) in [6.07, 6.45) is 0.253. The van der Waals surface area contributed by atoms with E-state index in [1.165, 1.54) is 6.92 Å². The molecule has 62 valence electrons. The summed E-state index contributed by atoms with van der Waals surface area (Å²) in [7, 11) is 0. The van der Waals surface area contributed by atoms with Crippen LogP contribution in [0.4, 0.5) is 0 Å². The molecule has 0 N–H and O–H groups in total. The van der Waals surface area contributed by atoms with Crippen molar-refractivity contribution >= 4 is 52.2 Å². The van der Waals surface area contributed by atoms with Crippen LogP contribution in [-0.2, 0) is 4.79 Å². The Labute approximate surface area is 80.6 Å². The van der Waals surface area contributed by atoms with Crippen molar-refractivity contribution in [2.24, 2.45) is 0 Å². The van der Waals surface area contributed by atoms with E-state index in [4.69, 9.17) is 46.4 Å². The fraction of sp³-hybridized carbons (Fsp3) is 0.800. The second kappa shape index (κ2) is 9.83. The first kappa shape index (κ1) is 13.4. The van der Waals surface area contributed by atoms with Crippen LogP contribution in [0.1, 0.15) is 13.3 Å². The van der Waals surface area contributed by atoms with E-state index in [0.29, 0.717) is 0 Å². The number of Topliss-reactive ketones (excluding diaryl/α,β-unsaturated/α-hetero) is 1. The molecular weight excluding hydrogens is 218 g/mol. The molecule has 0 saturated carbocycles. The van der Waals surface area contributed by atoms with Crippen molar-refractivity contribution < 1.29 is 4.79 Å². The first-order valence-electron chi connectivity index (χ1n) is 2.44. The highest BCUT2D eigenvalue weighted by Gasteiger charge is 2.00. The van der Waals surface area contributed by atoms with Gasteiger partial charge in [-0.2, -0.15) is 0 Å². The number of carbonyl (C=O) groups excluding carboxylic acids is 1. The highest BCUT2D eigenvalue weighted by Crippen LogP contribution is 2.05. The summed E-state index contributed by atoms with van der Waals surface area (Å²) in [5.41, 5.74) is 0. The summed E-state index contributed by atoms with van der Waals surface area (Å²) < 4.78 is 0. The molecule has 0 atom stereocenters. The first-order chi connectivity index (χ1) is 4.54. The Bertz CT molecular complexity index is 83.7. The SMILES string of the molecule is CC(=O)CC(Cl)Cl.ClCCl. The molecule has 1 nitrogen and oxygen atoms in total. The molecule has 0 amide bonds. The number of ketones is 1. The van der Waals surface area contributed by atoms with Crippen molar-refractivity contribution in [2.75, 3.05) is 5.34 Å². The standard InChI is InChI=1S/C4H6Cl2O.CH2Cl2/c1-3(7)2-4(5)6;2-1-3/h4H,2H2,1H3;1H2. The van der Waals surface area contributed by atoms with Gasteiger partial charge in [0.1, 0.15) is 10.6 Å². The van der Waals surface area contributed by atoms with Gasteiger partial charge in [0.25, 0.3) is 0 Å². The second-order valence-electron chi connectivity index (χ2n) is 1.40. The van der Waals surface area contributed by atoms with Gasteiger partial charge in [0.2, 0.25) is 0 Å². The zero-order valence-corrected chi connectivity index (χ0v) is 8.44. The molecule has 0 aromatic carbocycles. The van der Waals surface area contributed by atoms with E-state index < -0.39 is 4.84 Å². The molecule has 0 aliphatic heterocycles. The molecule has 0 unspecified atom stereocenters. The molecule has 0 saturated heterocycles. The number of alkyl halides is 4. The van der Waals surface area contributed by atoms with Crippen LogP contribution in [0.2, 0.25) is 0 Å². The van der Waals surface area contributed by atoms with Crippen LogP contribution < -0.4 is 0 Å². The molecule has 0 rings (SSSR count). The molecule has 0 aromatic heterocycles. The Morgan fingerprint density at radius 2 is 1.70 bits per heavy atom. The molecule has 0 bridgehead atoms. The van der Waals surface area contributed by atoms with Crippen LogP contribution in [0.3, 0.4) is 0 Å². The van der Waals surface area contributed by atoms with E-state index in [0.717, 1.165) is 0 Å². The van der Waals surface area contributed by atoms with E-state index in [2.05, 4.69) is 0 Å². The van der Waals surface area contributed by atoms with Gasteiger partial charge in [-0.15, -0.1) is 46.4 Å². The predicted molar refractivity (Wildman–Crippen MR) is 47.4 cm³/mol. The fourth-order valence-corrected chi connectivity index (χ4v) is 0.652. The molecule has 0 fully saturated rings. The van der Waals surface area contributed by atoms with Gasteiger partial charge in [-0.3, -0.25) is 4.79 Å². The average molecular weight is 226 g/mol. The molecule has 0 aliphatic rings. The number of rotatable bonds is 2. The molecule has 0 spiro atoms. The third-order valence-corrected chi connectivity index (χ3v) is 0.750. The smallest absolute Gasteiger partial charge is 0.132 e. The second-order valence-corrected chi connectivity index (χ2v) is 3.48. The van der Waals surface area contributed by atoms with Crippen LogP contribution in [0.25, 0.3) is 0 Å². The van der Waals surface area contributed by atoms with Gasteiger partial charge >= 0.3 is 0 Å². The molecule has 0 heterocycles. The van der Waals surface area contributed by atoms with Crippen LogP contribution in [0, 0.1) is 0 Å².